The number of nitro groups is 1. The van der Waals surface area contributed by atoms with E-state index in [0.29, 0.717) is 16.8 Å². The summed E-state index contributed by atoms with van der Waals surface area (Å²) in [6.07, 6.45) is 3.36. The largest absolute Gasteiger partial charge is 0.279 e. The van der Waals surface area contributed by atoms with E-state index in [4.69, 9.17) is 0 Å². The molecule has 0 N–H and O–H groups in total. The first-order chi connectivity index (χ1) is 13.1. The van der Waals surface area contributed by atoms with Crippen molar-refractivity contribution in [1.29, 1.82) is 0 Å². The van der Waals surface area contributed by atoms with Crippen LogP contribution in [0.1, 0.15) is 18.1 Å². The molecule has 0 spiro atoms. The molecule has 0 fully saturated rings. The highest BCUT2D eigenvalue weighted by Crippen LogP contribution is 2.25. The monoisotopic (exact) mass is 465 g/mol. The Kier molecular flexibility index (Phi) is 5.22. The second-order valence-corrected chi connectivity index (χ2v) is 8.90. The molecule has 11 heteroatoms. The number of aryl methyl sites for hydroxylation is 1. The summed E-state index contributed by atoms with van der Waals surface area (Å²) in [4.78, 5) is 10.2. The number of pyridine rings is 1. The van der Waals surface area contributed by atoms with Crippen LogP contribution in [0, 0.1) is 17.0 Å². The minimum Gasteiger partial charge on any atom is -0.258 e. The Balaban J connectivity index is 2.03. The molecule has 0 aliphatic carbocycles. The Morgan fingerprint density at radius 1 is 1.32 bits per heavy atom. The number of non-ortho nitro benzene ring substituents is 1. The number of aromatic nitrogens is 2. The summed E-state index contributed by atoms with van der Waals surface area (Å²) >= 11 is 3.40. The van der Waals surface area contributed by atoms with E-state index >= 15 is 0 Å². The van der Waals surface area contributed by atoms with E-state index in [0.717, 1.165) is 20.5 Å². The average Bonchev–Trinajstić information content (AvgIpc) is 3.04. The van der Waals surface area contributed by atoms with E-state index in [2.05, 4.69) is 26.1 Å². The van der Waals surface area contributed by atoms with Crippen molar-refractivity contribution in [3.05, 3.63) is 68.4 Å². The Hall–Kier alpha value is -2.79. The molecule has 0 saturated carbocycles. The molecule has 146 valence electrons. The number of hydrogen-bond donors (Lipinski definition) is 0. The van der Waals surface area contributed by atoms with Gasteiger partial charge in [-0.1, -0.05) is 22.0 Å². The van der Waals surface area contributed by atoms with E-state index in [1.807, 2.05) is 12.1 Å². The van der Waals surface area contributed by atoms with Crippen LogP contribution in [0.25, 0.3) is 5.52 Å². The summed E-state index contributed by atoms with van der Waals surface area (Å²) in [5.41, 5.74) is 1.95. The zero-order valence-electron chi connectivity index (χ0n) is 15.2. The average molecular weight is 466 g/mol. The fourth-order valence-corrected chi connectivity index (χ4v) is 4.27. The zero-order valence-corrected chi connectivity index (χ0v) is 17.6. The number of hydrazone groups is 1. The number of rotatable bonds is 5. The predicted molar refractivity (Wildman–Crippen MR) is 108 cm³/mol. The van der Waals surface area contributed by atoms with Gasteiger partial charge in [0.25, 0.3) is 15.7 Å². The molecule has 0 amide bonds. The molecule has 2 heterocycles. The van der Waals surface area contributed by atoms with Gasteiger partial charge in [0.15, 0.2) is 0 Å². The summed E-state index contributed by atoms with van der Waals surface area (Å²) in [6.45, 7) is 3.24. The second-order valence-electron chi connectivity index (χ2n) is 6.06. The van der Waals surface area contributed by atoms with Gasteiger partial charge in [0.2, 0.25) is 0 Å². The van der Waals surface area contributed by atoms with Crippen LogP contribution in [0.3, 0.4) is 0 Å². The summed E-state index contributed by atoms with van der Waals surface area (Å²) in [6, 6.07) is 7.38. The maximum atomic E-state index is 12.9. The maximum Gasteiger partial charge on any atom is 0.279 e. The van der Waals surface area contributed by atoms with Crippen LogP contribution < -0.4 is 0 Å². The van der Waals surface area contributed by atoms with Gasteiger partial charge < -0.3 is 0 Å². The van der Waals surface area contributed by atoms with Gasteiger partial charge in [-0.2, -0.15) is 23.0 Å². The molecule has 2 aromatic heterocycles. The van der Waals surface area contributed by atoms with Crippen LogP contribution in [0.4, 0.5) is 5.69 Å². The Labute approximate surface area is 169 Å². The lowest BCUT2D eigenvalue weighted by Crippen LogP contribution is -2.24. The summed E-state index contributed by atoms with van der Waals surface area (Å²) in [5, 5.41) is 19.4. The number of benzene rings is 1. The number of halogens is 1. The fraction of sp³-hybridized carbons (Fsp3) is 0.176. The third kappa shape index (κ3) is 3.62. The number of nitrogens with zero attached hydrogens (tertiary/aromatic N) is 5. The highest BCUT2D eigenvalue weighted by molar-refractivity contribution is 9.10. The van der Waals surface area contributed by atoms with Gasteiger partial charge in [0, 0.05) is 35.4 Å². The molecule has 0 aliphatic rings. The van der Waals surface area contributed by atoms with Crippen molar-refractivity contribution < 1.29 is 13.3 Å². The molecule has 0 unspecified atom stereocenters. The number of hydrogen-bond acceptors (Lipinski definition) is 6. The maximum absolute atomic E-state index is 12.9. The van der Waals surface area contributed by atoms with E-state index in [9.17, 15) is 18.5 Å². The Morgan fingerprint density at radius 2 is 2.04 bits per heavy atom. The first-order valence-corrected chi connectivity index (χ1v) is 10.3. The Morgan fingerprint density at radius 3 is 2.71 bits per heavy atom. The van der Waals surface area contributed by atoms with Crippen molar-refractivity contribution in [2.75, 3.05) is 7.05 Å². The second kappa shape index (κ2) is 7.32. The summed E-state index contributed by atoms with van der Waals surface area (Å²) in [5.74, 6) is 0. The number of fused-ring (bicyclic) bond motifs is 1. The van der Waals surface area contributed by atoms with Crippen molar-refractivity contribution in [1.82, 2.24) is 14.0 Å². The first-order valence-electron chi connectivity index (χ1n) is 8.03. The van der Waals surface area contributed by atoms with Gasteiger partial charge in [-0.25, -0.2) is 4.52 Å². The van der Waals surface area contributed by atoms with Crippen LogP contribution in [0.5, 0.6) is 0 Å². The van der Waals surface area contributed by atoms with Gasteiger partial charge >= 0.3 is 0 Å². The molecule has 0 atom stereocenters. The fourth-order valence-electron chi connectivity index (χ4n) is 2.68. The topological polar surface area (TPSA) is 110 Å². The highest BCUT2D eigenvalue weighted by Gasteiger charge is 2.25. The van der Waals surface area contributed by atoms with E-state index in [1.165, 1.54) is 19.2 Å². The quantitative estimate of drug-likeness (QED) is 0.325. The molecule has 0 saturated heterocycles. The normalized spacial score (nSPS) is 12.4. The Bertz CT molecular complexity index is 1220. The van der Waals surface area contributed by atoms with Crippen molar-refractivity contribution in [2.45, 2.75) is 18.7 Å². The summed E-state index contributed by atoms with van der Waals surface area (Å²) in [7, 11) is -2.78. The molecule has 0 bridgehead atoms. The minimum absolute atomic E-state index is 0.164. The van der Waals surface area contributed by atoms with E-state index in [-0.39, 0.29) is 10.6 Å². The molecule has 0 aliphatic heterocycles. The molecule has 0 radical (unpaired) electrons. The van der Waals surface area contributed by atoms with Gasteiger partial charge in [0.05, 0.1) is 27.2 Å². The van der Waals surface area contributed by atoms with Gasteiger partial charge in [-0.05, 0) is 31.5 Å². The standard InChI is InChI=1S/C17H16BrN5O4S/c1-11-4-5-14(23(24)25)9-17(11)28(26,27)21(3)20-12(2)15-10-19-22-7-6-13(18)8-16(15)22/h4-10H,1-3H3/b20-12+. The van der Waals surface area contributed by atoms with Crippen molar-refractivity contribution in [3.8, 4) is 0 Å². The van der Waals surface area contributed by atoms with Crippen molar-refractivity contribution in [2.24, 2.45) is 5.10 Å². The van der Waals surface area contributed by atoms with Gasteiger partial charge in [0.1, 0.15) is 0 Å². The molecule has 28 heavy (non-hydrogen) atoms. The van der Waals surface area contributed by atoms with Gasteiger partial charge in [-0.3, -0.25) is 10.1 Å². The minimum atomic E-state index is -4.07. The van der Waals surface area contributed by atoms with Crippen LogP contribution in [0.15, 0.2) is 57.2 Å². The van der Waals surface area contributed by atoms with E-state index in [1.54, 1.807) is 30.8 Å². The summed E-state index contributed by atoms with van der Waals surface area (Å²) < 4.78 is 29.2. The molecule has 1 aromatic carbocycles. The van der Waals surface area contributed by atoms with Crippen LogP contribution >= 0.6 is 15.9 Å². The van der Waals surface area contributed by atoms with Crippen LogP contribution in [-0.4, -0.2) is 40.1 Å². The molecule has 3 aromatic rings. The highest BCUT2D eigenvalue weighted by atomic mass is 79.9. The predicted octanol–water partition coefficient (Wildman–Crippen LogP) is 3.36. The lowest BCUT2D eigenvalue weighted by Gasteiger charge is -2.16. The molecule has 9 nitrogen and oxygen atoms in total. The smallest absolute Gasteiger partial charge is 0.258 e. The van der Waals surface area contributed by atoms with Crippen LogP contribution in [-0.2, 0) is 10.0 Å². The lowest BCUT2D eigenvalue weighted by atomic mass is 10.2. The van der Waals surface area contributed by atoms with Crippen molar-refractivity contribution in [3.63, 3.8) is 0 Å². The zero-order chi connectivity index (χ0) is 20.6. The van der Waals surface area contributed by atoms with Crippen molar-refractivity contribution >= 4 is 42.9 Å². The van der Waals surface area contributed by atoms with E-state index < -0.39 is 14.9 Å². The molecular weight excluding hydrogens is 450 g/mol. The van der Waals surface area contributed by atoms with Crippen LogP contribution in [0.2, 0.25) is 0 Å². The number of sulfonamides is 1. The molecular formula is C17H16BrN5O4S. The lowest BCUT2D eigenvalue weighted by molar-refractivity contribution is -0.385. The first kappa shape index (κ1) is 20.0. The third-order valence-corrected chi connectivity index (χ3v) is 6.44. The molecule has 3 rings (SSSR count). The van der Waals surface area contributed by atoms with Gasteiger partial charge in [-0.15, -0.1) is 0 Å². The SMILES string of the molecule is C/C(=N\N(C)S(=O)(=O)c1cc([N+](=O)[O-])ccc1C)c1cnn2ccc(Br)cc12. The number of nitro benzene ring substituents is 1. The third-order valence-electron chi connectivity index (χ3n) is 4.17.